The van der Waals surface area contributed by atoms with Crippen LogP contribution in [0.1, 0.15) is 38.1 Å². The molecule has 0 aliphatic carbocycles. The molecule has 28 heavy (non-hydrogen) atoms. The molecule has 9 heteroatoms. The first-order chi connectivity index (χ1) is 13.3. The van der Waals surface area contributed by atoms with Gasteiger partial charge in [0.15, 0.2) is 18.2 Å². The molecule has 150 valence electrons. The van der Waals surface area contributed by atoms with Crippen molar-refractivity contribution in [2.24, 2.45) is 0 Å². The Morgan fingerprint density at radius 2 is 1.86 bits per heavy atom. The molecule has 0 fully saturated rings. The largest absolute Gasteiger partial charge is 0.494 e. The molecule has 1 amide bonds. The Hall–Kier alpha value is -2.94. The molecule has 0 atom stereocenters. The molecule has 1 N–H and O–H groups in total. The summed E-state index contributed by atoms with van der Waals surface area (Å²) in [5.74, 6) is -2.76. The number of nitrogens with one attached hydrogen (secondary N) is 1. The van der Waals surface area contributed by atoms with Crippen LogP contribution in [-0.2, 0) is 14.3 Å². The molecule has 1 aromatic heterocycles. The number of carbonyl (C=O) groups is 3. The highest BCUT2D eigenvalue weighted by molar-refractivity contribution is 7.16. The van der Waals surface area contributed by atoms with Crippen molar-refractivity contribution in [3.05, 3.63) is 45.6 Å². The van der Waals surface area contributed by atoms with E-state index in [1.165, 1.54) is 30.6 Å². The molecule has 2 aromatic rings. The number of carbonyl (C=O) groups excluding carboxylic acids is 3. The molecule has 0 aliphatic heterocycles. The molecule has 0 radical (unpaired) electrons. The molecule has 0 spiro atoms. The first-order valence-corrected chi connectivity index (χ1v) is 9.17. The molecule has 0 unspecified atom stereocenters. The van der Waals surface area contributed by atoms with Gasteiger partial charge in [-0.05, 0) is 44.5 Å². The van der Waals surface area contributed by atoms with Gasteiger partial charge in [0.2, 0.25) is 0 Å². The number of hydrogen-bond donors (Lipinski definition) is 1. The molecule has 2 rings (SSSR count). The maximum atomic E-state index is 13.7. The summed E-state index contributed by atoms with van der Waals surface area (Å²) in [6, 6.07) is 3.58. The summed E-state index contributed by atoms with van der Waals surface area (Å²) in [5.41, 5.74) is 0.937. The number of aryl methyl sites for hydroxylation is 1. The van der Waals surface area contributed by atoms with Gasteiger partial charge in [-0.2, -0.15) is 0 Å². The number of rotatable bonds is 7. The Bertz CT molecular complexity index is 908. The van der Waals surface area contributed by atoms with Crippen molar-refractivity contribution in [2.45, 2.75) is 20.8 Å². The summed E-state index contributed by atoms with van der Waals surface area (Å²) in [5, 5.41) is 2.88. The predicted molar refractivity (Wildman–Crippen MR) is 102 cm³/mol. The second-order valence-corrected chi connectivity index (χ2v) is 6.91. The number of thiophene rings is 1. The van der Waals surface area contributed by atoms with Crippen LogP contribution < -0.4 is 10.1 Å². The van der Waals surface area contributed by atoms with Gasteiger partial charge >= 0.3 is 11.9 Å². The number of ether oxygens (including phenoxy) is 3. The second kappa shape index (κ2) is 9.32. The SMILES string of the molecule is CCOC(=O)c1c(NC(=O)COC(=O)c2ccc(OC)c(F)c2)sc(C)c1C. The van der Waals surface area contributed by atoms with Crippen molar-refractivity contribution < 1.29 is 33.0 Å². The van der Waals surface area contributed by atoms with Crippen LogP contribution in [0.25, 0.3) is 0 Å². The highest BCUT2D eigenvalue weighted by Crippen LogP contribution is 2.33. The third kappa shape index (κ3) is 4.86. The first kappa shape index (κ1) is 21.4. The van der Waals surface area contributed by atoms with Crippen molar-refractivity contribution in [3.63, 3.8) is 0 Å². The van der Waals surface area contributed by atoms with E-state index in [1.54, 1.807) is 13.8 Å². The smallest absolute Gasteiger partial charge is 0.341 e. The van der Waals surface area contributed by atoms with Crippen LogP contribution in [-0.4, -0.2) is 38.2 Å². The zero-order valence-electron chi connectivity index (χ0n) is 15.9. The predicted octanol–water partition coefficient (Wildman–Crippen LogP) is 3.48. The topological polar surface area (TPSA) is 90.9 Å². The summed E-state index contributed by atoms with van der Waals surface area (Å²) in [6.45, 7) is 4.87. The molecular weight excluding hydrogens is 389 g/mol. The Morgan fingerprint density at radius 1 is 1.14 bits per heavy atom. The molecule has 1 aromatic carbocycles. The summed E-state index contributed by atoms with van der Waals surface area (Å²) in [4.78, 5) is 37.1. The van der Waals surface area contributed by atoms with Gasteiger partial charge < -0.3 is 19.5 Å². The van der Waals surface area contributed by atoms with E-state index in [9.17, 15) is 18.8 Å². The molecule has 0 saturated carbocycles. The Balaban J connectivity index is 2.03. The number of hydrogen-bond acceptors (Lipinski definition) is 7. The lowest BCUT2D eigenvalue weighted by Gasteiger charge is -2.08. The van der Waals surface area contributed by atoms with E-state index in [-0.39, 0.29) is 23.5 Å². The van der Waals surface area contributed by atoms with Crippen molar-refractivity contribution in [1.82, 2.24) is 0 Å². The standard InChI is InChI=1S/C19H20FNO6S/c1-5-26-19(24)16-10(2)11(3)28-17(16)21-15(22)9-27-18(23)12-6-7-14(25-4)13(20)8-12/h6-8H,5,9H2,1-4H3,(H,21,22). The van der Waals surface area contributed by atoms with Gasteiger partial charge in [0.1, 0.15) is 5.00 Å². The van der Waals surface area contributed by atoms with Crippen LogP contribution in [0.15, 0.2) is 18.2 Å². The first-order valence-electron chi connectivity index (χ1n) is 8.36. The Labute approximate surface area is 165 Å². The molecular formula is C19H20FNO6S. The minimum Gasteiger partial charge on any atom is -0.494 e. The number of amides is 1. The van der Waals surface area contributed by atoms with Gasteiger partial charge in [-0.25, -0.2) is 14.0 Å². The van der Waals surface area contributed by atoms with Crippen LogP contribution in [0.5, 0.6) is 5.75 Å². The summed E-state index contributed by atoms with van der Waals surface area (Å²) < 4.78 is 28.4. The molecule has 7 nitrogen and oxygen atoms in total. The lowest BCUT2D eigenvalue weighted by atomic mass is 10.1. The van der Waals surface area contributed by atoms with Crippen LogP contribution in [0.4, 0.5) is 9.39 Å². The van der Waals surface area contributed by atoms with E-state index in [0.717, 1.165) is 10.9 Å². The fourth-order valence-electron chi connectivity index (χ4n) is 2.33. The van der Waals surface area contributed by atoms with Gasteiger partial charge in [-0.15, -0.1) is 11.3 Å². The van der Waals surface area contributed by atoms with E-state index in [0.29, 0.717) is 10.6 Å². The molecule has 0 aliphatic rings. The van der Waals surface area contributed by atoms with Crippen molar-refractivity contribution >= 4 is 34.2 Å². The quantitative estimate of drug-likeness (QED) is 0.704. The maximum Gasteiger partial charge on any atom is 0.341 e. The van der Waals surface area contributed by atoms with E-state index >= 15 is 0 Å². The van der Waals surface area contributed by atoms with Crippen molar-refractivity contribution in [2.75, 3.05) is 25.6 Å². The second-order valence-electron chi connectivity index (χ2n) is 5.68. The highest BCUT2D eigenvalue weighted by atomic mass is 32.1. The average molecular weight is 409 g/mol. The van der Waals surface area contributed by atoms with Gasteiger partial charge in [0.25, 0.3) is 5.91 Å². The maximum absolute atomic E-state index is 13.7. The monoisotopic (exact) mass is 409 g/mol. The van der Waals surface area contributed by atoms with Crippen LogP contribution >= 0.6 is 11.3 Å². The van der Waals surface area contributed by atoms with E-state index in [1.807, 2.05) is 6.92 Å². The van der Waals surface area contributed by atoms with E-state index in [2.05, 4.69) is 5.32 Å². The Kier molecular flexibility index (Phi) is 7.11. The normalized spacial score (nSPS) is 10.3. The third-order valence-electron chi connectivity index (χ3n) is 3.84. The van der Waals surface area contributed by atoms with E-state index < -0.39 is 30.3 Å². The lowest BCUT2D eigenvalue weighted by molar-refractivity contribution is -0.119. The van der Waals surface area contributed by atoms with Gasteiger partial charge in [-0.1, -0.05) is 0 Å². The molecule has 0 saturated heterocycles. The zero-order valence-corrected chi connectivity index (χ0v) is 16.7. The molecule has 1 heterocycles. The number of halogens is 1. The fourth-order valence-corrected chi connectivity index (χ4v) is 3.40. The molecule has 0 bridgehead atoms. The fraction of sp³-hybridized carbons (Fsp3) is 0.316. The highest BCUT2D eigenvalue weighted by Gasteiger charge is 2.22. The van der Waals surface area contributed by atoms with Gasteiger partial charge in [0.05, 0.1) is 24.8 Å². The number of methoxy groups -OCH3 is 1. The minimum absolute atomic E-state index is 0.00998. The average Bonchev–Trinajstić information content (AvgIpc) is 2.93. The summed E-state index contributed by atoms with van der Waals surface area (Å²) in [7, 11) is 1.30. The Morgan fingerprint density at radius 3 is 2.46 bits per heavy atom. The van der Waals surface area contributed by atoms with Crippen LogP contribution in [0.2, 0.25) is 0 Å². The van der Waals surface area contributed by atoms with E-state index in [4.69, 9.17) is 14.2 Å². The number of benzene rings is 1. The lowest BCUT2D eigenvalue weighted by Crippen LogP contribution is -2.21. The number of anilines is 1. The summed E-state index contributed by atoms with van der Waals surface area (Å²) >= 11 is 1.22. The van der Waals surface area contributed by atoms with Crippen LogP contribution in [0, 0.1) is 19.7 Å². The van der Waals surface area contributed by atoms with Crippen molar-refractivity contribution in [3.8, 4) is 5.75 Å². The minimum atomic E-state index is -0.860. The van der Waals surface area contributed by atoms with Gasteiger partial charge in [0, 0.05) is 4.88 Å². The zero-order chi connectivity index (χ0) is 20.8. The van der Waals surface area contributed by atoms with Crippen molar-refractivity contribution in [1.29, 1.82) is 0 Å². The number of esters is 2. The van der Waals surface area contributed by atoms with Gasteiger partial charge in [-0.3, -0.25) is 4.79 Å². The summed E-state index contributed by atoms with van der Waals surface area (Å²) in [6.07, 6.45) is 0. The third-order valence-corrected chi connectivity index (χ3v) is 4.96. The van der Waals surface area contributed by atoms with Crippen LogP contribution in [0.3, 0.4) is 0 Å².